The smallest absolute Gasteiger partial charge is 0.329 e. The van der Waals surface area contributed by atoms with E-state index in [1.54, 1.807) is 26.0 Å². The quantitative estimate of drug-likeness (QED) is 0.761. The Labute approximate surface area is 112 Å². The lowest BCUT2D eigenvalue weighted by Crippen LogP contribution is -2.51. The monoisotopic (exact) mass is 286 g/mol. The van der Waals surface area contributed by atoms with E-state index in [4.69, 9.17) is 5.11 Å². The van der Waals surface area contributed by atoms with Gasteiger partial charge in [-0.2, -0.15) is 0 Å². The number of urea groups is 1. The van der Waals surface area contributed by atoms with E-state index in [1.807, 2.05) is 11.6 Å². The van der Waals surface area contributed by atoms with E-state index in [0.717, 1.165) is 5.56 Å². The SMILES string of the molecule is Cc1ccc(S(=O)(=O)NC(=O)NC(C)(C)CO)cc1. The van der Waals surface area contributed by atoms with Crippen LogP contribution in [0.5, 0.6) is 0 Å². The molecule has 2 amide bonds. The van der Waals surface area contributed by atoms with Crippen LogP contribution < -0.4 is 10.0 Å². The van der Waals surface area contributed by atoms with Crippen molar-refractivity contribution in [3.05, 3.63) is 29.8 Å². The zero-order valence-corrected chi connectivity index (χ0v) is 11.9. The van der Waals surface area contributed by atoms with Gasteiger partial charge in [-0.05, 0) is 32.9 Å². The van der Waals surface area contributed by atoms with Crippen LogP contribution in [-0.4, -0.2) is 31.7 Å². The summed E-state index contributed by atoms with van der Waals surface area (Å²) in [4.78, 5) is 11.6. The number of sulfonamides is 1. The maximum absolute atomic E-state index is 11.9. The molecule has 19 heavy (non-hydrogen) atoms. The first-order chi connectivity index (χ1) is 8.66. The number of carbonyl (C=O) groups is 1. The number of aryl methyl sites for hydroxylation is 1. The fraction of sp³-hybridized carbons (Fsp3) is 0.417. The van der Waals surface area contributed by atoms with Crippen LogP contribution in [0.4, 0.5) is 4.79 Å². The number of nitrogens with one attached hydrogen (secondary N) is 2. The van der Waals surface area contributed by atoms with Crippen LogP contribution >= 0.6 is 0 Å². The molecule has 0 fully saturated rings. The number of amides is 2. The molecule has 0 bridgehead atoms. The Morgan fingerprint density at radius 3 is 2.26 bits per heavy atom. The van der Waals surface area contributed by atoms with Crippen molar-refractivity contribution in [3.8, 4) is 0 Å². The average Bonchev–Trinajstić information content (AvgIpc) is 2.28. The molecule has 6 nitrogen and oxygen atoms in total. The van der Waals surface area contributed by atoms with E-state index >= 15 is 0 Å². The fourth-order valence-corrected chi connectivity index (χ4v) is 2.18. The molecule has 0 spiro atoms. The van der Waals surface area contributed by atoms with Crippen LogP contribution in [0.3, 0.4) is 0 Å². The van der Waals surface area contributed by atoms with E-state index in [0.29, 0.717) is 0 Å². The van der Waals surface area contributed by atoms with Crippen LogP contribution in [0, 0.1) is 6.92 Å². The molecule has 1 aromatic carbocycles. The summed E-state index contributed by atoms with van der Waals surface area (Å²) in [5, 5.41) is 11.4. The van der Waals surface area contributed by atoms with Gasteiger partial charge in [-0.25, -0.2) is 17.9 Å². The largest absolute Gasteiger partial charge is 0.394 e. The topological polar surface area (TPSA) is 95.5 Å². The van der Waals surface area contributed by atoms with E-state index < -0.39 is 21.6 Å². The highest BCUT2D eigenvalue weighted by atomic mass is 32.2. The summed E-state index contributed by atoms with van der Waals surface area (Å²) in [6.07, 6.45) is 0. The van der Waals surface area contributed by atoms with Gasteiger partial charge < -0.3 is 10.4 Å². The van der Waals surface area contributed by atoms with E-state index in [9.17, 15) is 13.2 Å². The number of aliphatic hydroxyl groups is 1. The molecule has 7 heteroatoms. The molecule has 0 radical (unpaired) electrons. The Morgan fingerprint density at radius 1 is 1.26 bits per heavy atom. The molecule has 0 aliphatic rings. The first kappa shape index (κ1) is 15.5. The Balaban J connectivity index is 2.81. The van der Waals surface area contributed by atoms with E-state index in [2.05, 4.69) is 5.32 Å². The van der Waals surface area contributed by atoms with Gasteiger partial charge in [0.2, 0.25) is 0 Å². The predicted molar refractivity (Wildman–Crippen MR) is 71.2 cm³/mol. The zero-order valence-electron chi connectivity index (χ0n) is 11.1. The molecule has 106 valence electrons. The standard InChI is InChI=1S/C12H18N2O4S/c1-9-4-6-10(7-5-9)19(17,18)14-11(16)13-12(2,3)8-15/h4-7,15H,8H2,1-3H3,(H2,13,14,16). The molecule has 0 unspecified atom stereocenters. The van der Waals surface area contributed by atoms with Crippen LogP contribution in [0.15, 0.2) is 29.2 Å². The van der Waals surface area contributed by atoms with Gasteiger partial charge in [0.1, 0.15) is 0 Å². The summed E-state index contributed by atoms with van der Waals surface area (Å²) in [6, 6.07) is 5.25. The van der Waals surface area contributed by atoms with Crippen molar-refractivity contribution in [1.29, 1.82) is 0 Å². The van der Waals surface area contributed by atoms with Crippen LogP contribution in [0.2, 0.25) is 0 Å². The van der Waals surface area contributed by atoms with Crippen molar-refractivity contribution in [1.82, 2.24) is 10.0 Å². The number of aliphatic hydroxyl groups excluding tert-OH is 1. The second kappa shape index (κ2) is 5.58. The van der Waals surface area contributed by atoms with Crippen molar-refractivity contribution in [3.63, 3.8) is 0 Å². The van der Waals surface area contributed by atoms with E-state index in [-0.39, 0.29) is 11.5 Å². The Bertz CT molecular complexity index is 550. The molecule has 0 aliphatic heterocycles. The fourth-order valence-electron chi connectivity index (χ4n) is 1.27. The lowest BCUT2D eigenvalue weighted by Gasteiger charge is -2.23. The van der Waals surface area contributed by atoms with E-state index in [1.165, 1.54) is 12.1 Å². The summed E-state index contributed by atoms with van der Waals surface area (Å²) in [7, 11) is -3.90. The third kappa shape index (κ3) is 4.53. The highest BCUT2D eigenvalue weighted by molar-refractivity contribution is 7.90. The molecule has 0 atom stereocenters. The highest BCUT2D eigenvalue weighted by Gasteiger charge is 2.23. The number of rotatable bonds is 4. The number of hydrogen-bond donors (Lipinski definition) is 3. The molecule has 0 aromatic heterocycles. The van der Waals surface area contributed by atoms with Gasteiger partial charge in [-0.3, -0.25) is 0 Å². The molecule has 3 N–H and O–H groups in total. The number of benzene rings is 1. The van der Waals surface area contributed by atoms with Crippen LogP contribution in [-0.2, 0) is 10.0 Å². The lowest BCUT2D eigenvalue weighted by atomic mass is 10.1. The Morgan fingerprint density at radius 2 is 1.79 bits per heavy atom. The molecule has 0 saturated heterocycles. The molecular weight excluding hydrogens is 268 g/mol. The van der Waals surface area contributed by atoms with Crippen molar-refractivity contribution in [2.75, 3.05) is 6.61 Å². The van der Waals surface area contributed by atoms with Crippen LogP contribution in [0.1, 0.15) is 19.4 Å². The third-order valence-corrected chi connectivity index (χ3v) is 3.75. The van der Waals surface area contributed by atoms with Gasteiger partial charge in [0.25, 0.3) is 10.0 Å². The van der Waals surface area contributed by atoms with Gasteiger partial charge in [0.05, 0.1) is 17.0 Å². The molecule has 0 aliphatic carbocycles. The first-order valence-electron chi connectivity index (χ1n) is 5.69. The van der Waals surface area contributed by atoms with Crippen molar-refractivity contribution >= 4 is 16.1 Å². The van der Waals surface area contributed by atoms with Gasteiger partial charge in [0, 0.05) is 0 Å². The summed E-state index contributed by atoms with van der Waals surface area (Å²) in [6.45, 7) is 4.68. The van der Waals surface area contributed by atoms with Gasteiger partial charge in [-0.15, -0.1) is 0 Å². The molecule has 0 saturated carbocycles. The second-order valence-electron chi connectivity index (χ2n) is 4.91. The summed E-state index contributed by atoms with van der Waals surface area (Å²) >= 11 is 0. The summed E-state index contributed by atoms with van der Waals surface area (Å²) < 4.78 is 25.7. The lowest BCUT2D eigenvalue weighted by molar-refractivity contribution is 0.184. The van der Waals surface area contributed by atoms with Crippen LogP contribution in [0.25, 0.3) is 0 Å². The normalized spacial score (nSPS) is 12.0. The number of hydrogen-bond acceptors (Lipinski definition) is 4. The molecule has 1 aromatic rings. The van der Waals surface area contributed by atoms with Gasteiger partial charge >= 0.3 is 6.03 Å². The minimum atomic E-state index is -3.90. The molecule has 0 heterocycles. The van der Waals surface area contributed by atoms with Gasteiger partial charge in [0.15, 0.2) is 0 Å². The third-order valence-electron chi connectivity index (χ3n) is 2.41. The molecular formula is C12H18N2O4S. The van der Waals surface area contributed by atoms with Gasteiger partial charge in [-0.1, -0.05) is 17.7 Å². The Kier molecular flexibility index (Phi) is 4.54. The minimum absolute atomic E-state index is 0.00931. The Hall–Kier alpha value is -1.60. The van der Waals surface area contributed by atoms with Crippen molar-refractivity contribution in [2.24, 2.45) is 0 Å². The zero-order chi connectivity index (χ0) is 14.7. The predicted octanol–water partition coefficient (Wildman–Crippen LogP) is 0.754. The summed E-state index contributed by atoms with van der Waals surface area (Å²) in [5.41, 5.74) is 0.0252. The maximum Gasteiger partial charge on any atom is 0.329 e. The highest BCUT2D eigenvalue weighted by Crippen LogP contribution is 2.10. The van der Waals surface area contributed by atoms with Crippen molar-refractivity contribution in [2.45, 2.75) is 31.2 Å². The minimum Gasteiger partial charge on any atom is -0.394 e. The number of carbonyl (C=O) groups excluding carboxylic acids is 1. The second-order valence-corrected chi connectivity index (χ2v) is 6.60. The van der Waals surface area contributed by atoms with Crippen molar-refractivity contribution < 1.29 is 18.3 Å². The average molecular weight is 286 g/mol. The maximum atomic E-state index is 11.9. The first-order valence-corrected chi connectivity index (χ1v) is 7.17. The molecule has 1 rings (SSSR count). The summed E-state index contributed by atoms with van der Waals surface area (Å²) in [5.74, 6) is 0.